The largest absolute Gasteiger partial charge is 0.369 e. The van der Waals surface area contributed by atoms with E-state index in [4.69, 9.17) is 4.98 Å². The van der Waals surface area contributed by atoms with Gasteiger partial charge in [0.1, 0.15) is 0 Å². The van der Waals surface area contributed by atoms with Crippen molar-refractivity contribution in [3.8, 4) is 11.3 Å². The van der Waals surface area contributed by atoms with Crippen molar-refractivity contribution in [1.29, 1.82) is 0 Å². The van der Waals surface area contributed by atoms with Crippen LogP contribution in [0.5, 0.6) is 0 Å². The number of piperazine rings is 1. The molecule has 0 radical (unpaired) electrons. The van der Waals surface area contributed by atoms with Crippen LogP contribution in [0.3, 0.4) is 0 Å². The highest BCUT2D eigenvalue weighted by Crippen LogP contribution is 2.25. The number of nitrogens with one attached hydrogen (secondary N) is 1. The zero-order valence-electron chi connectivity index (χ0n) is 12.0. The second-order valence-corrected chi connectivity index (χ2v) is 6.28. The van der Waals surface area contributed by atoms with E-state index in [9.17, 15) is 0 Å². The van der Waals surface area contributed by atoms with Crippen LogP contribution in [0.15, 0.2) is 35.8 Å². The number of hydrogen-bond donors (Lipinski definition) is 1. The first kappa shape index (κ1) is 12.9. The molecule has 0 unspecified atom stereocenters. The van der Waals surface area contributed by atoms with Gasteiger partial charge in [0.05, 0.1) is 5.69 Å². The van der Waals surface area contributed by atoms with Gasteiger partial charge in [0.2, 0.25) is 0 Å². The summed E-state index contributed by atoms with van der Waals surface area (Å²) in [7, 11) is 0. The number of rotatable bonds is 2. The molecule has 1 N–H and O–H groups in total. The van der Waals surface area contributed by atoms with Crippen LogP contribution in [0.1, 0.15) is 5.69 Å². The standard InChI is InChI=1S/C16H18N4S/c1-12-11-21-16-18-15(10-20(12)16)13-2-4-14(5-3-13)19-8-6-17-7-9-19/h2-5,10-11,17H,6-9H2,1H3. The number of hydrogen-bond acceptors (Lipinski definition) is 4. The Morgan fingerprint density at radius 3 is 2.62 bits per heavy atom. The molecule has 0 amide bonds. The summed E-state index contributed by atoms with van der Waals surface area (Å²) in [6.07, 6.45) is 2.13. The van der Waals surface area contributed by atoms with E-state index >= 15 is 0 Å². The quantitative estimate of drug-likeness (QED) is 0.789. The lowest BCUT2D eigenvalue weighted by molar-refractivity contribution is 0.589. The van der Waals surface area contributed by atoms with Gasteiger partial charge in [-0.3, -0.25) is 4.40 Å². The van der Waals surface area contributed by atoms with E-state index in [0.717, 1.165) is 36.8 Å². The average molecular weight is 298 g/mol. The Hall–Kier alpha value is -1.85. The van der Waals surface area contributed by atoms with Gasteiger partial charge in [-0.15, -0.1) is 11.3 Å². The molecule has 2 aromatic heterocycles. The predicted octanol–water partition coefficient (Wildman–Crippen LogP) is 2.78. The highest BCUT2D eigenvalue weighted by Gasteiger charge is 2.11. The summed E-state index contributed by atoms with van der Waals surface area (Å²) in [4.78, 5) is 8.19. The number of aromatic nitrogens is 2. The van der Waals surface area contributed by atoms with Crippen LogP contribution in [0.2, 0.25) is 0 Å². The first-order chi connectivity index (χ1) is 10.3. The van der Waals surface area contributed by atoms with E-state index in [1.165, 1.54) is 16.9 Å². The maximum atomic E-state index is 4.70. The van der Waals surface area contributed by atoms with Gasteiger partial charge in [-0.1, -0.05) is 12.1 Å². The molecule has 0 aliphatic carbocycles. The van der Waals surface area contributed by atoms with Crippen LogP contribution in [0.4, 0.5) is 5.69 Å². The van der Waals surface area contributed by atoms with Crippen molar-refractivity contribution in [2.24, 2.45) is 0 Å². The lowest BCUT2D eigenvalue weighted by Crippen LogP contribution is -2.43. The fraction of sp³-hybridized carbons (Fsp3) is 0.312. The third kappa shape index (κ3) is 2.32. The monoisotopic (exact) mass is 298 g/mol. The van der Waals surface area contributed by atoms with Crippen molar-refractivity contribution in [3.63, 3.8) is 0 Å². The van der Waals surface area contributed by atoms with Crippen LogP contribution < -0.4 is 10.2 Å². The van der Waals surface area contributed by atoms with Gasteiger partial charge in [-0.2, -0.15) is 0 Å². The molecular formula is C16H18N4S. The van der Waals surface area contributed by atoms with Crippen LogP contribution >= 0.6 is 11.3 Å². The van der Waals surface area contributed by atoms with E-state index in [-0.39, 0.29) is 0 Å². The second-order valence-electron chi connectivity index (χ2n) is 5.44. The first-order valence-corrected chi connectivity index (χ1v) is 8.18. The molecule has 5 heteroatoms. The zero-order chi connectivity index (χ0) is 14.2. The van der Waals surface area contributed by atoms with Crippen molar-refractivity contribution in [2.75, 3.05) is 31.1 Å². The minimum Gasteiger partial charge on any atom is -0.369 e. The predicted molar refractivity (Wildman–Crippen MR) is 88.3 cm³/mol. The maximum Gasteiger partial charge on any atom is 0.194 e. The maximum absolute atomic E-state index is 4.70. The molecule has 0 spiro atoms. The molecule has 3 heterocycles. The van der Waals surface area contributed by atoms with Crippen LogP contribution in [0, 0.1) is 6.92 Å². The molecule has 1 aliphatic heterocycles. The summed E-state index contributed by atoms with van der Waals surface area (Å²) in [6, 6.07) is 8.78. The Balaban J connectivity index is 1.63. The Morgan fingerprint density at radius 1 is 1.14 bits per heavy atom. The molecular weight excluding hydrogens is 280 g/mol. The molecule has 4 rings (SSSR count). The summed E-state index contributed by atoms with van der Waals surface area (Å²) < 4.78 is 2.16. The molecule has 108 valence electrons. The lowest BCUT2D eigenvalue weighted by atomic mass is 10.1. The van der Waals surface area contributed by atoms with Gasteiger partial charge < -0.3 is 10.2 Å². The summed E-state index contributed by atoms with van der Waals surface area (Å²) in [6.45, 7) is 6.41. The summed E-state index contributed by atoms with van der Waals surface area (Å²) in [5, 5.41) is 5.52. The van der Waals surface area contributed by atoms with Gasteiger partial charge in [0.15, 0.2) is 4.96 Å². The Morgan fingerprint density at radius 2 is 1.90 bits per heavy atom. The van der Waals surface area contributed by atoms with Gasteiger partial charge in [0.25, 0.3) is 0 Å². The fourth-order valence-electron chi connectivity index (χ4n) is 2.80. The van der Waals surface area contributed by atoms with Crippen molar-refractivity contribution < 1.29 is 0 Å². The van der Waals surface area contributed by atoms with Gasteiger partial charge >= 0.3 is 0 Å². The fourth-order valence-corrected chi connectivity index (χ4v) is 3.65. The Kier molecular flexibility index (Phi) is 3.16. The second kappa shape index (κ2) is 5.16. The smallest absolute Gasteiger partial charge is 0.194 e. The summed E-state index contributed by atoms with van der Waals surface area (Å²) in [5.74, 6) is 0. The molecule has 0 saturated carbocycles. The highest BCUT2D eigenvalue weighted by molar-refractivity contribution is 7.15. The molecule has 1 saturated heterocycles. The van der Waals surface area contributed by atoms with E-state index in [1.54, 1.807) is 11.3 Å². The SMILES string of the molecule is Cc1csc2nc(-c3ccc(N4CCNCC4)cc3)cn12. The number of benzene rings is 1. The van der Waals surface area contributed by atoms with Gasteiger partial charge in [-0.25, -0.2) is 4.98 Å². The number of fused-ring (bicyclic) bond motifs is 1. The van der Waals surface area contributed by atoms with E-state index < -0.39 is 0 Å². The average Bonchev–Trinajstić information content (AvgIpc) is 3.11. The molecule has 3 aromatic rings. The molecule has 0 atom stereocenters. The number of thiazole rings is 1. The molecule has 4 nitrogen and oxygen atoms in total. The molecule has 21 heavy (non-hydrogen) atoms. The zero-order valence-corrected chi connectivity index (χ0v) is 12.9. The van der Waals surface area contributed by atoms with E-state index in [0.29, 0.717) is 0 Å². The Labute approximate surface area is 128 Å². The van der Waals surface area contributed by atoms with Crippen molar-refractivity contribution in [2.45, 2.75) is 6.92 Å². The summed E-state index contributed by atoms with van der Waals surface area (Å²) in [5.41, 5.74) is 4.78. The lowest BCUT2D eigenvalue weighted by Gasteiger charge is -2.29. The van der Waals surface area contributed by atoms with Crippen molar-refractivity contribution >= 4 is 22.0 Å². The van der Waals surface area contributed by atoms with Gasteiger partial charge in [-0.05, 0) is 19.1 Å². The van der Waals surface area contributed by atoms with Crippen LogP contribution in [-0.2, 0) is 0 Å². The molecule has 1 aliphatic rings. The van der Waals surface area contributed by atoms with Gasteiger partial charge in [0, 0.05) is 54.7 Å². The molecule has 0 bridgehead atoms. The number of imidazole rings is 1. The normalized spacial score (nSPS) is 15.8. The Bertz CT molecular complexity index is 750. The summed E-state index contributed by atoms with van der Waals surface area (Å²) >= 11 is 1.69. The number of nitrogens with zero attached hydrogens (tertiary/aromatic N) is 3. The van der Waals surface area contributed by atoms with Crippen LogP contribution in [0.25, 0.3) is 16.2 Å². The minimum absolute atomic E-state index is 1.05. The topological polar surface area (TPSA) is 32.6 Å². The molecule has 1 fully saturated rings. The number of aryl methyl sites for hydroxylation is 1. The van der Waals surface area contributed by atoms with Crippen molar-refractivity contribution in [3.05, 3.63) is 41.5 Å². The number of anilines is 1. The van der Waals surface area contributed by atoms with Crippen molar-refractivity contribution in [1.82, 2.24) is 14.7 Å². The first-order valence-electron chi connectivity index (χ1n) is 7.30. The highest BCUT2D eigenvalue weighted by atomic mass is 32.1. The minimum atomic E-state index is 1.05. The molecule has 1 aromatic carbocycles. The van der Waals surface area contributed by atoms with Crippen LogP contribution in [-0.4, -0.2) is 35.6 Å². The van der Waals surface area contributed by atoms with E-state index in [1.807, 2.05) is 0 Å². The third-order valence-corrected chi connectivity index (χ3v) is 4.99. The third-order valence-electron chi connectivity index (χ3n) is 4.03. The van der Waals surface area contributed by atoms with E-state index in [2.05, 4.69) is 57.4 Å².